The Morgan fingerprint density at radius 2 is 1.15 bits per heavy atom. The Morgan fingerprint density at radius 1 is 0.475 bits per heavy atom. The Bertz CT molecular complexity index is 2990. The Kier molecular flexibility index (Phi) is 8.15. The predicted octanol–water partition coefficient (Wildman–Crippen LogP) is 15.6. The maximum absolute atomic E-state index is 2.50. The minimum absolute atomic E-state index is 0.341. The molecule has 0 N–H and O–H groups in total. The maximum Gasteiger partial charge on any atom is 0.0561 e. The molecular formula is C57H48N2. The molecule has 1 aromatic heterocycles. The van der Waals surface area contributed by atoms with Crippen molar-refractivity contribution in [2.75, 3.05) is 4.90 Å². The number of hydrogen-bond donors (Lipinski definition) is 0. The van der Waals surface area contributed by atoms with Crippen molar-refractivity contribution < 1.29 is 0 Å². The number of nitrogens with zero attached hydrogens (tertiary/aromatic N) is 2. The summed E-state index contributed by atoms with van der Waals surface area (Å²) in [4.78, 5) is 2.49. The summed E-state index contributed by atoms with van der Waals surface area (Å²) in [5.74, 6) is 2.80. The number of para-hydroxylation sites is 2. The second-order valence-electron chi connectivity index (χ2n) is 17.8. The molecule has 3 saturated carbocycles. The zero-order valence-electron chi connectivity index (χ0n) is 33.5. The Hall–Kier alpha value is -6.38. The number of fused-ring (bicyclic) bond motifs is 6. The van der Waals surface area contributed by atoms with E-state index in [0.717, 1.165) is 29.1 Å². The summed E-state index contributed by atoms with van der Waals surface area (Å²) in [6.45, 7) is 0. The van der Waals surface area contributed by atoms with Crippen LogP contribution in [0.4, 0.5) is 17.1 Å². The van der Waals surface area contributed by atoms with Gasteiger partial charge in [0.25, 0.3) is 0 Å². The van der Waals surface area contributed by atoms with Gasteiger partial charge in [-0.25, -0.2) is 0 Å². The van der Waals surface area contributed by atoms with Crippen molar-refractivity contribution in [2.45, 2.75) is 50.4 Å². The van der Waals surface area contributed by atoms with Gasteiger partial charge < -0.3 is 9.47 Å². The molecule has 4 unspecified atom stereocenters. The molecule has 3 aliphatic carbocycles. The van der Waals surface area contributed by atoms with E-state index in [1.165, 1.54) is 111 Å². The number of rotatable bonds is 7. The molecule has 2 heteroatoms. The van der Waals surface area contributed by atoms with E-state index in [4.69, 9.17) is 0 Å². The van der Waals surface area contributed by atoms with Crippen LogP contribution in [0.15, 0.2) is 188 Å². The first-order valence-corrected chi connectivity index (χ1v) is 21.9. The molecule has 0 amide bonds. The summed E-state index contributed by atoms with van der Waals surface area (Å²) in [5.41, 5.74) is 13.9. The van der Waals surface area contributed by atoms with Crippen LogP contribution in [0.1, 0.15) is 50.5 Å². The molecule has 0 aliphatic heterocycles. The van der Waals surface area contributed by atoms with Gasteiger partial charge in [0.1, 0.15) is 0 Å². The van der Waals surface area contributed by atoms with E-state index >= 15 is 0 Å². The normalized spacial score (nSPS) is 21.0. The van der Waals surface area contributed by atoms with Crippen LogP contribution in [0, 0.1) is 17.8 Å². The molecule has 3 aliphatic rings. The summed E-state index contributed by atoms with van der Waals surface area (Å²) in [6.07, 6.45) is 9.91. The van der Waals surface area contributed by atoms with Gasteiger partial charge in [-0.1, -0.05) is 140 Å². The van der Waals surface area contributed by atoms with Gasteiger partial charge in [0, 0.05) is 33.5 Å². The summed E-state index contributed by atoms with van der Waals surface area (Å²) in [5, 5.41) is 5.07. The summed E-state index contributed by atoms with van der Waals surface area (Å²) >= 11 is 0. The minimum Gasteiger partial charge on any atom is -0.310 e. The highest BCUT2D eigenvalue weighted by Crippen LogP contribution is 2.59. The topological polar surface area (TPSA) is 8.17 Å². The van der Waals surface area contributed by atoms with Crippen LogP contribution in [-0.2, 0) is 5.41 Å². The van der Waals surface area contributed by atoms with Gasteiger partial charge >= 0.3 is 0 Å². The van der Waals surface area contributed by atoms with E-state index in [1.54, 1.807) is 5.56 Å². The molecule has 0 saturated heterocycles. The highest BCUT2D eigenvalue weighted by Gasteiger charge is 2.49. The van der Waals surface area contributed by atoms with E-state index in [0.29, 0.717) is 5.41 Å². The summed E-state index contributed by atoms with van der Waals surface area (Å²) < 4.78 is 2.43. The van der Waals surface area contributed by atoms with Crippen LogP contribution in [0.3, 0.4) is 0 Å². The molecule has 8 aromatic carbocycles. The molecule has 1 heterocycles. The lowest BCUT2D eigenvalue weighted by Crippen LogP contribution is -2.46. The number of benzene rings is 8. The van der Waals surface area contributed by atoms with Crippen molar-refractivity contribution in [3.63, 3.8) is 0 Å². The molecule has 3 fully saturated rings. The van der Waals surface area contributed by atoms with Gasteiger partial charge in [0.15, 0.2) is 0 Å². The van der Waals surface area contributed by atoms with Gasteiger partial charge in [0.2, 0.25) is 0 Å². The van der Waals surface area contributed by atoms with Crippen molar-refractivity contribution in [2.24, 2.45) is 17.8 Å². The second kappa shape index (κ2) is 13.9. The molecule has 3 bridgehead atoms. The lowest BCUT2D eigenvalue weighted by atomic mass is 9.50. The molecule has 9 aromatic rings. The minimum atomic E-state index is 0.341. The monoisotopic (exact) mass is 760 g/mol. The number of hydrogen-bond acceptors (Lipinski definition) is 1. The van der Waals surface area contributed by atoms with Crippen molar-refractivity contribution in [1.29, 1.82) is 0 Å². The van der Waals surface area contributed by atoms with Gasteiger partial charge in [-0.05, 0) is 155 Å². The molecule has 59 heavy (non-hydrogen) atoms. The first-order valence-electron chi connectivity index (χ1n) is 21.9. The summed E-state index contributed by atoms with van der Waals surface area (Å²) in [6, 6.07) is 70.1. The van der Waals surface area contributed by atoms with Crippen LogP contribution in [0.5, 0.6) is 0 Å². The molecule has 286 valence electrons. The highest BCUT2D eigenvalue weighted by molar-refractivity contribution is 6.11. The molecule has 4 atom stereocenters. The van der Waals surface area contributed by atoms with Gasteiger partial charge in [-0.15, -0.1) is 0 Å². The molecule has 12 rings (SSSR count). The Labute approximate surface area is 347 Å². The number of anilines is 3. The predicted molar refractivity (Wildman–Crippen MR) is 248 cm³/mol. The zero-order valence-corrected chi connectivity index (χ0v) is 33.5. The van der Waals surface area contributed by atoms with Crippen molar-refractivity contribution in [1.82, 2.24) is 4.57 Å². The molecule has 0 spiro atoms. The van der Waals surface area contributed by atoms with Crippen LogP contribution in [-0.4, -0.2) is 4.57 Å². The van der Waals surface area contributed by atoms with Crippen LogP contribution < -0.4 is 4.90 Å². The largest absolute Gasteiger partial charge is 0.310 e. The Balaban J connectivity index is 1.03. The SMILES string of the molecule is c1ccc(-c2cccc3cccc(-c4cccc(N(c5ccc(C67CCC8CCC(CC8C6)C7)cc5)c5ccc6c7ccccc7n(-c7ccccc7)c6c5)c4)c23)cc1. The molecular weight excluding hydrogens is 713 g/mol. The van der Waals surface area contributed by atoms with E-state index in [-0.39, 0.29) is 0 Å². The first-order chi connectivity index (χ1) is 29.2. The average molecular weight is 761 g/mol. The standard InChI is InChI=1S/C57H48N2/c1-3-12-41(13-4-1)50-21-10-14-42-15-11-22-51(56(42)50)43-16-9-19-48(35-43)58(47-28-26-45(27-29-47)57-33-32-40-25-24-39(37-57)34-44(40)38-57)49-30-31-53-52-20-7-8-23-54(52)59(55(53)36-49)46-17-5-2-6-18-46/h1-23,26-31,35-36,39-40,44H,24-25,32-34,37-38H2. The van der Waals surface area contributed by atoms with Gasteiger partial charge in [0.05, 0.1) is 11.0 Å². The third-order valence-electron chi connectivity index (χ3n) is 14.6. The van der Waals surface area contributed by atoms with E-state index < -0.39 is 0 Å². The van der Waals surface area contributed by atoms with Crippen molar-refractivity contribution in [3.8, 4) is 27.9 Å². The smallest absolute Gasteiger partial charge is 0.0561 e. The quantitative estimate of drug-likeness (QED) is 0.157. The van der Waals surface area contributed by atoms with Gasteiger partial charge in [-0.3, -0.25) is 0 Å². The third-order valence-corrected chi connectivity index (χ3v) is 14.6. The first kappa shape index (κ1) is 34.6. The number of aromatic nitrogens is 1. The fraction of sp³-hybridized carbons (Fsp3) is 0.193. The second-order valence-corrected chi connectivity index (χ2v) is 17.8. The third kappa shape index (κ3) is 5.75. The fourth-order valence-electron chi connectivity index (χ4n) is 12.0. The van der Waals surface area contributed by atoms with E-state index in [1.807, 2.05) is 0 Å². The van der Waals surface area contributed by atoms with Crippen LogP contribution in [0.25, 0.3) is 60.5 Å². The van der Waals surface area contributed by atoms with Crippen LogP contribution in [0.2, 0.25) is 0 Å². The average Bonchev–Trinajstić information content (AvgIpc) is 3.62. The zero-order chi connectivity index (χ0) is 38.9. The lowest BCUT2D eigenvalue weighted by Gasteiger charge is -2.55. The van der Waals surface area contributed by atoms with Crippen molar-refractivity contribution in [3.05, 3.63) is 194 Å². The molecule has 2 nitrogen and oxygen atoms in total. The Morgan fingerprint density at radius 3 is 1.98 bits per heavy atom. The highest BCUT2D eigenvalue weighted by atomic mass is 15.1. The van der Waals surface area contributed by atoms with Crippen LogP contribution >= 0.6 is 0 Å². The van der Waals surface area contributed by atoms with E-state index in [2.05, 4.69) is 198 Å². The fourth-order valence-corrected chi connectivity index (χ4v) is 12.0. The van der Waals surface area contributed by atoms with E-state index in [9.17, 15) is 0 Å². The maximum atomic E-state index is 2.50. The lowest BCUT2D eigenvalue weighted by molar-refractivity contribution is 0.00964. The molecule has 0 radical (unpaired) electrons. The summed E-state index contributed by atoms with van der Waals surface area (Å²) in [7, 11) is 0. The van der Waals surface area contributed by atoms with Crippen molar-refractivity contribution >= 4 is 49.6 Å². The van der Waals surface area contributed by atoms with Gasteiger partial charge in [-0.2, -0.15) is 0 Å².